The van der Waals surface area contributed by atoms with Gasteiger partial charge in [-0.05, 0) is 24.1 Å². The maximum Gasteiger partial charge on any atom is 0.237 e. The van der Waals surface area contributed by atoms with Crippen molar-refractivity contribution < 1.29 is 24.9 Å². The molecule has 1 fully saturated rings. The van der Waals surface area contributed by atoms with Gasteiger partial charge in [-0.1, -0.05) is 12.1 Å². The fraction of sp³-hybridized carbons (Fsp3) is 0.368. The lowest BCUT2D eigenvalue weighted by atomic mass is 10.0. The van der Waals surface area contributed by atoms with Crippen LogP contribution >= 0.6 is 0 Å². The number of nitrogens with two attached hydrogens (primary N) is 2. The zero-order valence-corrected chi connectivity index (χ0v) is 16.4. The van der Waals surface area contributed by atoms with Crippen LogP contribution in [0.1, 0.15) is 11.8 Å². The van der Waals surface area contributed by atoms with Gasteiger partial charge in [-0.3, -0.25) is 9.36 Å². The zero-order valence-electron chi connectivity index (χ0n) is 16.4. The molecular weight excluding hydrogens is 406 g/mol. The number of amides is 1. The van der Waals surface area contributed by atoms with Crippen LogP contribution in [0.15, 0.2) is 36.9 Å². The number of rotatable bonds is 6. The number of benzene rings is 1. The molecule has 164 valence electrons. The molecule has 8 N–H and O–H groups in total. The molecule has 2 unspecified atom stereocenters. The minimum atomic E-state index is -1.20. The summed E-state index contributed by atoms with van der Waals surface area (Å²) in [7, 11) is 0. The molecule has 12 heteroatoms. The van der Waals surface area contributed by atoms with Crippen LogP contribution < -0.4 is 16.8 Å². The zero-order chi connectivity index (χ0) is 22.1. The molecular formula is C19H23N7O5. The number of nitrogens with one attached hydrogen (secondary N) is 1. The van der Waals surface area contributed by atoms with E-state index in [0.717, 1.165) is 5.56 Å². The summed E-state index contributed by atoms with van der Waals surface area (Å²) in [4.78, 5) is 25.0. The number of imidazole rings is 1. The Bertz CT molecular complexity index is 1070. The Morgan fingerprint density at radius 3 is 2.71 bits per heavy atom. The van der Waals surface area contributed by atoms with Crippen LogP contribution in [0.3, 0.4) is 0 Å². The van der Waals surface area contributed by atoms with Crippen molar-refractivity contribution in [3.63, 3.8) is 0 Å². The number of phenols is 1. The van der Waals surface area contributed by atoms with Gasteiger partial charge in [0, 0.05) is 0 Å². The Morgan fingerprint density at radius 2 is 2.00 bits per heavy atom. The van der Waals surface area contributed by atoms with Gasteiger partial charge in [0.05, 0.1) is 19.0 Å². The minimum Gasteiger partial charge on any atom is -0.508 e. The molecule has 2 aromatic heterocycles. The average molecular weight is 429 g/mol. The molecule has 0 aliphatic carbocycles. The number of aliphatic hydroxyl groups excluding tert-OH is 2. The van der Waals surface area contributed by atoms with Gasteiger partial charge >= 0.3 is 0 Å². The summed E-state index contributed by atoms with van der Waals surface area (Å²) >= 11 is 0. The molecule has 3 aromatic rings. The molecule has 5 atom stereocenters. The highest BCUT2D eigenvalue weighted by molar-refractivity contribution is 5.83. The molecule has 0 radical (unpaired) electrons. The van der Waals surface area contributed by atoms with Gasteiger partial charge in [-0.25, -0.2) is 15.0 Å². The molecule has 4 rings (SSSR count). The van der Waals surface area contributed by atoms with E-state index in [0.29, 0.717) is 11.2 Å². The summed E-state index contributed by atoms with van der Waals surface area (Å²) in [5.41, 5.74) is 13.3. The van der Waals surface area contributed by atoms with Gasteiger partial charge in [-0.15, -0.1) is 0 Å². The second-order valence-corrected chi connectivity index (χ2v) is 7.33. The summed E-state index contributed by atoms with van der Waals surface area (Å²) in [6.07, 6.45) is -0.122. The fourth-order valence-electron chi connectivity index (χ4n) is 3.60. The van der Waals surface area contributed by atoms with Gasteiger partial charge in [0.2, 0.25) is 5.91 Å². The first-order chi connectivity index (χ1) is 14.9. The molecule has 0 saturated carbocycles. The quantitative estimate of drug-likeness (QED) is 0.266. The number of anilines is 1. The number of carbonyl (C=O) groups is 1. The lowest BCUT2D eigenvalue weighted by Crippen LogP contribution is -2.52. The Kier molecular flexibility index (Phi) is 5.69. The number of nitrogens with zero attached hydrogens (tertiary/aromatic N) is 4. The maximum atomic E-state index is 12.8. The van der Waals surface area contributed by atoms with Crippen LogP contribution in [0, 0.1) is 0 Å². The third-order valence-electron chi connectivity index (χ3n) is 5.25. The number of hydrogen-bond acceptors (Lipinski definition) is 10. The van der Waals surface area contributed by atoms with Crippen molar-refractivity contribution in [2.75, 3.05) is 12.3 Å². The van der Waals surface area contributed by atoms with Gasteiger partial charge < -0.3 is 36.8 Å². The fourth-order valence-corrected chi connectivity index (χ4v) is 3.60. The molecule has 1 aliphatic rings. The van der Waals surface area contributed by atoms with Crippen LogP contribution in [0.25, 0.3) is 11.2 Å². The van der Waals surface area contributed by atoms with Crippen molar-refractivity contribution in [3.8, 4) is 5.75 Å². The van der Waals surface area contributed by atoms with Crippen molar-refractivity contribution in [2.45, 2.75) is 36.9 Å². The second kappa shape index (κ2) is 8.43. The van der Waals surface area contributed by atoms with Crippen molar-refractivity contribution >= 4 is 22.9 Å². The lowest BCUT2D eigenvalue weighted by molar-refractivity contribution is -0.124. The summed E-state index contributed by atoms with van der Waals surface area (Å²) < 4.78 is 7.29. The lowest BCUT2D eigenvalue weighted by Gasteiger charge is -2.24. The number of aromatic nitrogens is 4. The van der Waals surface area contributed by atoms with Gasteiger partial charge in [0.15, 0.2) is 17.7 Å². The Balaban J connectivity index is 1.56. The molecule has 1 aromatic carbocycles. The van der Waals surface area contributed by atoms with Crippen molar-refractivity contribution in [3.05, 3.63) is 42.5 Å². The number of phenolic OH excluding ortho intramolecular Hbond substituents is 1. The molecule has 0 spiro atoms. The van der Waals surface area contributed by atoms with Gasteiger partial charge in [-0.2, -0.15) is 0 Å². The van der Waals surface area contributed by atoms with E-state index in [9.17, 15) is 20.1 Å². The summed E-state index contributed by atoms with van der Waals surface area (Å²) in [6, 6.07) is 4.51. The number of fused-ring (bicyclic) bond motifs is 1. The monoisotopic (exact) mass is 429 g/mol. The van der Waals surface area contributed by atoms with E-state index >= 15 is 0 Å². The van der Waals surface area contributed by atoms with E-state index in [4.69, 9.17) is 16.2 Å². The number of hydrogen-bond donors (Lipinski definition) is 6. The number of nitrogen functional groups attached to an aromatic ring is 1. The van der Waals surface area contributed by atoms with Crippen LogP contribution in [-0.4, -0.2) is 71.6 Å². The van der Waals surface area contributed by atoms with Crippen molar-refractivity contribution in [1.82, 2.24) is 24.8 Å². The van der Waals surface area contributed by atoms with Crippen LogP contribution in [0.2, 0.25) is 0 Å². The predicted octanol–water partition coefficient (Wildman–Crippen LogP) is -1.58. The average Bonchev–Trinajstić information content (AvgIpc) is 3.32. The van der Waals surface area contributed by atoms with Crippen LogP contribution in [0.4, 0.5) is 5.82 Å². The Morgan fingerprint density at radius 1 is 1.26 bits per heavy atom. The van der Waals surface area contributed by atoms with E-state index in [-0.39, 0.29) is 18.0 Å². The summed E-state index contributed by atoms with van der Waals surface area (Å²) in [5, 5.41) is 32.3. The molecule has 1 saturated heterocycles. The van der Waals surface area contributed by atoms with Crippen molar-refractivity contribution in [1.29, 1.82) is 0 Å². The highest BCUT2D eigenvalue weighted by atomic mass is 16.5. The van der Waals surface area contributed by atoms with E-state index in [2.05, 4.69) is 20.3 Å². The van der Waals surface area contributed by atoms with E-state index in [1.807, 2.05) is 0 Å². The highest BCUT2D eigenvalue weighted by Crippen LogP contribution is 2.32. The molecule has 31 heavy (non-hydrogen) atoms. The third kappa shape index (κ3) is 4.01. The second-order valence-electron chi connectivity index (χ2n) is 7.33. The van der Waals surface area contributed by atoms with E-state index in [1.54, 1.807) is 12.1 Å². The molecule has 1 aliphatic heterocycles. The Hall–Kier alpha value is -3.32. The minimum absolute atomic E-state index is 0.114. The normalized spacial score (nSPS) is 24.4. The first-order valence-corrected chi connectivity index (χ1v) is 9.60. The first-order valence-electron chi connectivity index (χ1n) is 9.60. The summed E-state index contributed by atoms with van der Waals surface area (Å²) in [5.74, 6) is -0.219. The third-order valence-corrected chi connectivity index (χ3v) is 5.25. The predicted molar refractivity (Wildman–Crippen MR) is 108 cm³/mol. The highest BCUT2D eigenvalue weighted by Gasteiger charge is 2.46. The number of aliphatic hydroxyl groups is 2. The first kappa shape index (κ1) is 20.9. The SMILES string of the molecule is Nc1ncnc2c1ncn2[C@@H]1O[C@H](CO)[C@H](O)C1NC(=O)C(N)Cc1ccc(O)cc1. The molecule has 12 nitrogen and oxygen atoms in total. The molecule has 3 heterocycles. The van der Waals surface area contributed by atoms with E-state index < -0.39 is 43.0 Å². The summed E-state index contributed by atoms with van der Waals surface area (Å²) in [6.45, 7) is -0.451. The van der Waals surface area contributed by atoms with Crippen LogP contribution in [0.5, 0.6) is 5.75 Å². The number of ether oxygens (including phenoxy) is 1. The van der Waals surface area contributed by atoms with Crippen LogP contribution in [-0.2, 0) is 16.0 Å². The van der Waals surface area contributed by atoms with E-state index in [1.165, 1.54) is 29.4 Å². The van der Waals surface area contributed by atoms with Gasteiger partial charge in [0.1, 0.15) is 35.8 Å². The Labute approximate surface area is 176 Å². The van der Waals surface area contributed by atoms with Crippen molar-refractivity contribution in [2.24, 2.45) is 5.73 Å². The molecule has 1 amide bonds. The maximum absolute atomic E-state index is 12.8. The number of carbonyl (C=O) groups excluding carboxylic acids is 1. The van der Waals surface area contributed by atoms with Gasteiger partial charge in [0.25, 0.3) is 0 Å². The topological polar surface area (TPSA) is 195 Å². The standard InChI is InChI=1S/C19H23N7O5/c20-11(5-9-1-3-10(28)4-2-9)18(30)25-13-15(29)12(6-27)31-19(13)26-8-24-14-16(21)22-7-23-17(14)26/h1-4,7-8,11-13,15,19,27-29H,5-6,20H2,(H,25,30)(H2,21,22,23)/t11?,12-,13?,15+,19-/m1/s1. The molecule has 0 bridgehead atoms. The smallest absolute Gasteiger partial charge is 0.237 e. The number of aromatic hydroxyl groups is 1. The largest absolute Gasteiger partial charge is 0.508 e.